The minimum absolute atomic E-state index is 0.0103. The lowest BCUT2D eigenvalue weighted by Crippen LogP contribution is -2.50. The Labute approximate surface area is 181 Å². The molecule has 1 atom stereocenters. The largest absolute Gasteiger partial charge is 0.491 e. The summed E-state index contributed by atoms with van der Waals surface area (Å²) in [6.07, 6.45) is 3.15. The van der Waals surface area contributed by atoms with Crippen LogP contribution in [0.1, 0.15) is 38.5 Å². The lowest BCUT2D eigenvalue weighted by molar-refractivity contribution is 0.0695. The zero-order chi connectivity index (χ0) is 21.3. The van der Waals surface area contributed by atoms with Crippen LogP contribution in [-0.4, -0.2) is 33.6 Å². The van der Waals surface area contributed by atoms with Gasteiger partial charge in [0.25, 0.3) is 5.91 Å². The van der Waals surface area contributed by atoms with Crippen molar-refractivity contribution in [1.82, 2.24) is 15.3 Å². The molecule has 2 N–H and O–H groups in total. The standard InChI is InChI=1S/C21H15Cl2N3O4/c22-14-5-4-13(10-15(14)23)21(7-9-30-17-2-1-8-24-18(17)21)26-19(27)16-6-3-12(11-25-16)20(28)29/h1-6,8,10-11H,7,9H2,(H,26,27)(H,28,29)/t21-/m0/s1. The first-order chi connectivity index (χ1) is 14.4. The number of ether oxygens (including phenoxy) is 1. The van der Waals surface area contributed by atoms with Gasteiger partial charge in [0.05, 0.1) is 22.2 Å². The molecule has 0 radical (unpaired) electrons. The van der Waals surface area contributed by atoms with Gasteiger partial charge in [-0.15, -0.1) is 0 Å². The summed E-state index contributed by atoms with van der Waals surface area (Å²) in [6, 6.07) is 11.3. The first-order valence-corrected chi connectivity index (χ1v) is 9.72. The molecule has 9 heteroatoms. The molecule has 0 unspecified atom stereocenters. The molecule has 1 amide bonds. The van der Waals surface area contributed by atoms with Crippen LogP contribution >= 0.6 is 23.2 Å². The second-order valence-corrected chi connectivity index (χ2v) is 7.49. The quantitative estimate of drug-likeness (QED) is 0.632. The summed E-state index contributed by atoms with van der Waals surface area (Å²) in [7, 11) is 0. The van der Waals surface area contributed by atoms with Crippen molar-refractivity contribution < 1.29 is 19.4 Å². The highest BCUT2D eigenvalue weighted by atomic mass is 35.5. The lowest BCUT2D eigenvalue weighted by Gasteiger charge is -2.39. The summed E-state index contributed by atoms with van der Waals surface area (Å²) in [5, 5.41) is 12.8. The van der Waals surface area contributed by atoms with Crippen LogP contribution in [0.25, 0.3) is 0 Å². The molecule has 3 heterocycles. The Morgan fingerprint density at radius 1 is 1.10 bits per heavy atom. The third-order valence-electron chi connectivity index (χ3n) is 4.89. The summed E-state index contributed by atoms with van der Waals surface area (Å²) >= 11 is 12.3. The molecule has 1 aliphatic heterocycles. The summed E-state index contributed by atoms with van der Waals surface area (Å²) in [5.74, 6) is -1.06. The number of halogens is 2. The Bertz CT molecular complexity index is 1140. The molecule has 30 heavy (non-hydrogen) atoms. The van der Waals surface area contributed by atoms with E-state index in [1.54, 1.807) is 36.5 Å². The van der Waals surface area contributed by atoms with E-state index in [1.807, 2.05) is 0 Å². The second-order valence-electron chi connectivity index (χ2n) is 6.67. The van der Waals surface area contributed by atoms with E-state index in [2.05, 4.69) is 15.3 Å². The molecule has 1 aliphatic rings. The fourth-order valence-electron chi connectivity index (χ4n) is 3.41. The van der Waals surface area contributed by atoms with Gasteiger partial charge in [0, 0.05) is 18.8 Å². The van der Waals surface area contributed by atoms with Gasteiger partial charge in [-0.3, -0.25) is 14.8 Å². The van der Waals surface area contributed by atoms with Gasteiger partial charge in [0.15, 0.2) is 0 Å². The molecule has 4 rings (SSSR count). The minimum atomic E-state index is -1.12. The highest BCUT2D eigenvalue weighted by Gasteiger charge is 2.43. The van der Waals surface area contributed by atoms with E-state index >= 15 is 0 Å². The number of carbonyl (C=O) groups is 2. The Kier molecular flexibility index (Phi) is 5.32. The topological polar surface area (TPSA) is 101 Å². The molecule has 7 nitrogen and oxygen atoms in total. The number of carboxylic acid groups (broad SMARTS) is 1. The highest BCUT2D eigenvalue weighted by molar-refractivity contribution is 6.42. The number of carboxylic acids is 1. The van der Waals surface area contributed by atoms with Gasteiger partial charge in [-0.25, -0.2) is 4.79 Å². The Balaban J connectivity index is 1.80. The number of aromatic carboxylic acids is 1. The van der Waals surface area contributed by atoms with Crippen LogP contribution in [0, 0.1) is 0 Å². The molecule has 0 saturated carbocycles. The van der Waals surface area contributed by atoms with Gasteiger partial charge in [-0.05, 0) is 42.0 Å². The smallest absolute Gasteiger partial charge is 0.337 e. The van der Waals surface area contributed by atoms with Crippen LogP contribution < -0.4 is 10.1 Å². The van der Waals surface area contributed by atoms with Crippen LogP contribution in [0.5, 0.6) is 5.75 Å². The maximum atomic E-state index is 13.1. The zero-order valence-corrected chi connectivity index (χ0v) is 16.9. The third-order valence-corrected chi connectivity index (χ3v) is 5.63. The van der Waals surface area contributed by atoms with Crippen molar-refractivity contribution in [2.24, 2.45) is 0 Å². The molecular formula is C21H15Cl2N3O4. The minimum Gasteiger partial charge on any atom is -0.491 e. The van der Waals surface area contributed by atoms with E-state index in [4.69, 9.17) is 33.0 Å². The van der Waals surface area contributed by atoms with E-state index in [0.717, 1.165) is 6.20 Å². The van der Waals surface area contributed by atoms with E-state index in [9.17, 15) is 9.59 Å². The van der Waals surface area contributed by atoms with E-state index in [1.165, 1.54) is 12.1 Å². The fourth-order valence-corrected chi connectivity index (χ4v) is 3.71. The summed E-state index contributed by atoms with van der Waals surface area (Å²) in [5.41, 5.74) is 0.251. The van der Waals surface area contributed by atoms with Crippen molar-refractivity contribution in [3.63, 3.8) is 0 Å². The maximum absolute atomic E-state index is 13.1. The molecule has 0 bridgehead atoms. The van der Waals surface area contributed by atoms with Crippen molar-refractivity contribution in [1.29, 1.82) is 0 Å². The number of benzene rings is 1. The van der Waals surface area contributed by atoms with Gasteiger partial charge in [0.2, 0.25) is 0 Å². The monoisotopic (exact) mass is 443 g/mol. The number of nitrogens with zero attached hydrogens (tertiary/aromatic N) is 2. The van der Waals surface area contributed by atoms with Crippen LogP contribution in [-0.2, 0) is 5.54 Å². The van der Waals surface area contributed by atoms with Crippen molar-refractivity contribution in [2.45, 2.75) is 12.0 Å². The molecule has 1 aromatic carbocycles. The predicted molar refractivity (Wildman–Crippen MR) is 110 cm³/mol. The SMILES string of the molecule is O=C(O)c1ccc(C(=O)N[C@]2(c3ccc(Cl)c(Cl)c3)CCOc3cccnc32)nc1. The highest BCUT2D eigenvalue weighted by Crippen LogP contribution is 2.42. The number of nitrogens with one attached hydrogen (secondary N) is 1. The van der Waals surface area contributed by atoms with Gasteiger partial charge in [-0.2, -0.15) is 0 Å². The second kappa shape index (κ2) is 7.93. The van der Waals surface area contributed by atoms with Crippen LogP contribution in [0.4, 0.5) is 0 Å². The van der Waals surface area contributed by atoms with Crippen molar-refractivity contribution >= 4 is 35.1 Å². The van der Waals surface area contributed by atoms with E-state index in [0.29, 0.717) is 40.1 Å². The first-order valence-electron chi connectivity index (χ1n) is 8.96. The van der Waals surface area contributed by atoms with Crippen molar-refractivity contribution in [3.8, 4) is 5.75 Å². The van der Waals surface area contributed by atoms with Gasteiger partial charge < -0.3 is 15.2 Å². The Morgan fingerprint density at radius 2 is 1.93 bits per heavy atom. The summed E-state index contributed by atoms with van der Waals surface area (Å²) in [6.45, 7) is 0.338. The number of carbonyl (C=O) groups excluding carboxylic acids is 1. The van der Waals surface area contributed by atoms with Crippen LogP contribution in [0.15, 0.2) is 54.9 Å². The normalized spacial score (nSPS) is 17.5. The Hall–Kier alpha value is -3.16. The maximum Gasteiger partial charge on any atom is 0.337 e. The predicted octanol–water partition coefficient (Wildman–Crippen LogP) is 3.94. The molecule has 152 valence electrons. The van der Waals surface area contributed by atoms with Crippen molar-refractivity contribution in [3.05, 3.63) is 87.4 Å². The molecule has 0 saturated heterocycles. The number of pyridine rings is 2. The molecule has 0 spiro atoms. The molecule has 0 fully saturated rings. The molecule has 0 aliphatic carbocycles. The Morgan fingerprint density at radius 3 is 2.63 bits per heavy atom. The number of aromatic nitrogens is 2. The average Bonchev–Trinajstić information content (AvgIpc) is 2.76. The lowest BCUT2D eigenvalue weighted by atomic mass is 9.81. The van der Waals surface area contributed by atoms with Crippen LogP contribution in [0.3, 0.4) is 0 Å². The van der Waals surface area contributed by atoms with Gasteiger partial charge in [0.1, 0.15) is 22.7 Å². The number of hydrogen-bond acceptors (Lipinski definition) is 5. The summed E-state index contributed by atoms with van der Waals surface area (Å²) in [4.78, 5) is 32.6. The number of amides is 1. The van der Waals surface area contributed by atoms with Gasteiger partial charge in [-0.1, -0.05) is 29.3 Å². The van der Waals surface area contributed by atoms with Crippen LogP contribution in [0.2, 0.25) is 10.0 Å². The van der Waals surface area contributed by atoms with Crippen molar-refractivity contribution in [2.75, 3.05) is 6.61 Å². The number of fused-ring (bicyclic) bond motifs is 1. The molecular weight excluding hydrogens is 429 g/mol. The third kappa shape index (κ3) is 3.58. The van der Waals surface area contributed by atoms with Gasteiger partial charge >= 0.3 is 5.97 Å². The van der Waals surface area contributed by atoms with E-state index < -0.39 is 17.4 Å². The number of rotatable bonds is 4. The molecule has 2 aromatic heterocycles. The fraction of sp³-hybridized carbons (Fsp3) is 0.143. The zero-order valence-electron chi connectivity index (χ0n) is 15.4. The van der Waals surface area contributed by atoms with E-state index in [-0.39, 0.29) is 11.3 Å². The summed E-state index contributed by atoms with van der Waals surface area (Å²) < 4.78 is 5.73. The average molecular weight is 444 g/mol. The number of hydrogen-bond donors (Lipinski definition) is 2. The molecule has 3 aromatic rings. The first kappa shape index (κ1) is 20.1.